The Kier molecular flexibility index (Phi) is 5.82. The van der Waals surface area contributed by atoms with Gasteiger partial charge in [0, 0.05) is 12.8 Å². The monoisotopic (exact) mass is 347 g/mol. The number of hydrogen-bond donors (Lipinski definition) is 0. The molecule has 136 valence electrons. The summed E-state index contributed by atoms with van der Waals surface area (Å²) in [5.74, 6) is 0.168. The van der Waals surface area contributed by atoms with Crippen LogP contribution in [0.5, 0.6) is 5.75 Å². The van der Waals surface area contributed by atoms with Crippen molar-refractivity contribution >= 4 is 24.0 Å². The van der Waals surface area contributed by atoms with Crippen molar-refractivity contribution in [2.24, 2.45) is 0 Å². The van der Waals surface area contributed by atoms with E-state index in [0.29, 0.717) is 24.3 Å². The molecule has 0 N–H and O–H groups in total. The van der Waals surface area contributed by atoms with Crippen LogP contribution < -0.4 is 9.64 Å². The van der Waals surface area contributed by atoms with Crippen molar-refractivity contribution in [2.75, 3.05) is 4.90 Å². The fraction of sp³-hybridized carbons (Fsp3) is 0.526. The zero-order valence-corrected chi connectivity index (χ0v) is 15.2. The van der Waals surface area contributed by atoms with Crippen LogP contribution in [0.25, 0.3) is 0 Å². The van der Waals surface area contributed by atoms with Crippen molar-refractivity contribution in [1.82, 2.24) is 0 Å². The molecule has 0 spiro atoms. The molecule has 2 rings (SSSR count). The van der Waals surface area contributed by atoms with Gasteiger partial charge in [0.05, 0.1) is 11.7 Å². The van der Waals surface area contributed by atoms with Crippen molar-refractivity contribution in [1.29, 1.82) is 0 Å². The summed E-state index contributed by atoms with van der Waals surface area (Å²) in [4.78, 5) is 36.7. The number of amides is 1. The van der Waals surface area contributed by atoms with Gasteiger partial charge < -0.3 is 14.3 Å². The molecule has 1 aromatic rings. The average molecular weight is 347 g/mol. The maximum absolute atomic E-state index is 12.6. The van der Waals surface area contributed by atoms with E-state index in [9.17, 15) is 14.4 Å². The first-order chi connectivity index (χ1) is 11.7. The number of aldehydes is 1. The third-order valence-electron chi connectivity index (χ3n) is 3.78. The van der Waals surface area contributed by atoms with E-state index in [-0.39, 0.29) is 18.4 Å². The molecule has 1 heterocycles. The minimum atomic E-state index is -0.624. The largest absolute Gasteiger partial charge is 0.443 e. The van der Waals surface area contributed by atoms with Gasteiger partial charge in [0.25, 0.3) is 0 Å². The molecule has 1 aliphatic heterocycles. The van der Waals surface area contributed by atoms with Gasteiger partial charge in [0.1, 0.15) is 17.6 Å². The van der Waals surface area contributed by atoms with Crippen LogP contribution in [0, 0.1) is 0 Å². The van der Waals surface area contributed by atoms with Gasteiger partial charge in [-0.3, -0.25) is 9.69 Å². The highest BCUT2D eigenvalue weighted by molar-refractivity contribution is 5.92. The summed E-state index contributed by atoms with van der Waals surface area (Å²) in [5, 5.41) is 0. The molecule has 0 bridgehead atoms. The van der Waals surface area contributed by atoms with Gasteiger partial charge >= 0.3 is 12.1 Å². The normalized spacial score (nSPS) is 16.3. The zero-order valence-electron chi connectivity index (χ0n) is 15.2. The zero-order chi connectivity index (χ0) is 18.6. The molecule has 1 aliphatic rings. The van der Waals surface area contributed by atoms with Crippen LogP contribution in [-0.4, -0.2) is 30.0 Å². The van der Waals surface area contributed by atoms with Crippen molar-refractivity contribution < 1.29 is 23.9 Å². The van der Waals surface area contributed by atoms with Gasteiger partial charge in [-0.15, -0.1) is 0 Å². The number of carbonyl (C=O) groups excluding carboxylic acids is 3. The van der Waals surface area contributed by atoms with E-state index < -0.39 is 11.7 Å². The van der Waals surface area contributed by atoms with Gasteiger partial charge in [-0.2, -0.15) is 0 Å². The van der Waals surface area contributed by atoms with Crippen LogP contribution in [0.3, 0.4) is 0 Å². The van der Waals surface area contributed by atoms with Crippen molar-refractivity contribution in [3.63, 3.8) is 0 Å². The van der Waals surface area contributed by atoms with E-state index in [1.807, 2.05) is 6.92 Å². The first-order valence-electron chi connectivity index (χ1n) is 8.54. The number of benzene rings is 1. The van der Waals surface area contributed by atoms with Gasteiger partial charge in [-0.1, -0.05) is 6.92 Å². The Morgan fingerprint density at radius 1 is 1.32 bits per heavy atom. The van der Waals surface area contributed by atoms with Crippen LogP contribution in [0.1, 0.15) is 52.5 Å². The smallest absolute Gasteiger partial charge is 0.415 e. The lowest BCUT2D eigenvalue weighted by Crippen LogP contribution is -2.41. The Balaban J connectivity index is 2.25. The topological polar surface area (TPSA) is 72.9 Å². The van der Waals surface area contributed by atoms with E-state index in [2.05, 4.69) is 0 Å². The molecule has 1 aromatic carbocycles. The third-order valence-corrected chi connectivity index (χ3v) is 3.78. The fourth-order valence-corrected chi connectivity index (χ4v) is 2.81. The van der Waals surface area contributed by atoms with Crippen LogP contribution in [-0.2, 0) is 20.7 Å². The minimum absolute atomic E-state index is 0.221. The molecule has 0 fully saturated rings. The molecular formula is C19H25NO5. The molecule has 6 nitrogen and oxygen atoms in total. The van der Waals surface area contributed by atoms with E-state index in [0.717, 1.165) is 18.3 Å². The standard InChI is InChI=1S/C19H25NO5/c1-5-6-17(22)24-15-7-8-16-13(12-15)11-14(9-10-21)20(16)18(23)25-19(2,3)4/h7-8,10,12,14H,5-6,9,11H2,1-4H3. The molecule has 0 aromatic heterocycles. The highest BCUT2D eigenvalue weighted by atomic mass is 16.6. The van der Waals surface area contributed by atoms with Gasteiger partial charge in [-0.05, 0) is 57.4 Å². The summed E-state index contributed by atoms with van der Waals surface area (Å²) in [7, 11) is 0. The van der Waals surface area contributed by atoms with Crippen molar-refractivity contribution in [3.8, 4) is 5.75 Å². The number of nitrogens with zero attached hydrogens (tertiary/aromatic N) is 1. The molecule has 6 heteroatoms. The summed E-state index contributed by atoms with van der Waals surface area (Å²) in [6.07, 6.45) is 2.14. The van der Waals surface area contributed by atoms with Crippen LogP contribution in [0.2, 0.25) is 0 Å². The molecule has 0 radical (unpaired) electrons. The fourth-order valence-electron chi connectivity index (χ4n) is 2.81. The molecule has 0 aliphatic carbocycles. The Morgan fingerprint density at radius 3 is 2.64 bits per heavy atom. The lowest BCUT2D eigenvalue weighted by Gasteiger charge is -2.28. The van der Waals surface area contributed by atoms with Gasteiger partial charge in [-0.25, -0.2) is 4.79 Å². The SMILES string of the molecule is CCCC(=O)Oc1ccc2c(c1)CC(CC=O)N2C(=O)OC(C)(C)C. The van der Waals surface area contributed by atoms with E-state index >= 15 is 0 Å². The second-order valence-corrected chi connectivity index (χ2v) is 7.13. The Morgan fingerprint density at radius 2 is 2.04 bits per heavy atom. The summed E-state index contributed by atoms with van der Waals surface area (Å²) < 4.78 is 10.8. The number of anilines is 1. The van der Waals surface area contributed by atoms with E-state index in [1.165, 1.54) is 4.90 Å². The highest BCUT2D eigenvalue weighted by Crippen LogP contribution is 2.37. The number of hydrogen-bond acceptors (Lipinski definition) is 5. The minimum Gasteiger partial charge on any atom is -0.443 e. The maximum Gasteiger partial charge on any atom is 0.415 e. The van der Waals surface area contributed by atoms with Gasteiger partial charge in [0.15, 0.2) is 0 Å². The van der Waals surface area contributed by atoms with Crippen molar-refractivity contribution in [2.45, 2.75) is 65.0 Å². The quantitative estimate of drug-likeness (QED) is 0.462. The number of fused-ring (bicyclic) bond motifs is 1. The number of carbonyl (C=O) groups is 3. The average Bonchev–Trinajstić information content (AvgIpc) is 2.83. The molecular weight excluding hydrogens is 322 g/mol. The van der Waals surface area contributed by atoms with E-state index in [1.54, 1.807) is 39.0 Å². The number of ether oxygens (including phenoxy) is 2. The molecule has 25 heavy (non-hydrogen) atoms. The Hall–Kier alpha value is -2.37. The summed E-state index contributed by atoms with van der Waals surface area (Å²) in [6.45, 7) is 7.30. The third kappa shape index (κ3) is 4.81. The number of rotatable bonds is 5. The van der Waals surface area contributed by atoms with Gasteiger partial charge in [0.2, 0.25) is 0 Å². The van der Waals surface area contributed by atoms with Crippen LogP contribution >= 0.6 is 0 Å². The number of esters is 1. The van der Waals surface area contributed by atoms with Crippen molar-refractivity contribution in [3.05, 3.63) is 23.8 Å². The van der Waals surface area contributed by atoms with Crippen LogP contribution in [0.15, 0.2) is 18.2 Å². The summed E-state index contributed by atoms with van der Waals surface area (Å²) in [5.41, 5.74) is 0.928. The maximum atomic E-state index is 12.6. The Labute approximate surface area is 148 Å². The molecule has 1 unspecified atom stereocenters. The lowest BCUT2D eigenvalue weighted by atomic mass is 10.1. The highest BCUT2D eigenvalue weighted by Gasteiger charge is 2.36. The second-order valence-electron chi connectivity index (χ2n) is 7.13. The Bertz CT molecular complexity index is 662. The summed E-state index contributed by atoms with van der Waals surface area (Å²) in [6, 6.07) is 4.86. The second kappa shape index (κ2) is 7.68. The van der Waals surface area contributed by atoms with Crippen LogP contribution in [0.4, 0.5) is 10.5 Å². The molecule has 0 saturated carbocycles. The first-order valence-corrected chi connectivity index (χ1v) is 8.54. The molecule has 0 saturated heterocycles. The molecule has 1 atom stereocenters. The predicted molar refractivity (Wildman–Crippen MR) is 93.9 cm³/mol. The summed E-state index contributed by atoms with van der Waals surface area (Å²) >= 11 is 0. The molecule has 1 amide bonds. The predicted octanol–water partition coefficient (Wildman–Crippen LogP) is 3.65. The van der Waals surface area contributed by atoms with E-state index in [4.69, 9.17) is 9.47 Å². The first kappa shape index (κ1) is 19.0. The lowest BCUT2D eigenvalue weighted by molar-refractivity contribution is -0.134.